The summed E-state index contributed by atoms with van der Waals surface area (Å²) in [4.78, 5) is 27.0. The van der Waals surface area contributed by atoms with Gasteiger partial charge in [-0.05, 0) is 43.5 Å². The second-order valence-electron chi connectivity index (χ2n) is 8.14. The summed E-state index contributed by atoms with van der Waals surface area (Å²) in [5.41, 5.74) is 1.17. The maximum absolute atomic E-state index is 12.7. The van der Waals surface area contributed by atoms with Gasteiger partial charge in [0.05, 0.1) is 25.3 Å². The van der Waals surface area contributed by atoms with Gasteiger partial charge in [-0.25, -0.2) is 0 Å². The van der Waals surface area contributed by atoms with E-state index in [1.807, 2.05) is 4.90 Å². The monoisotopic (exact) mass is 465 g/mol. The molecule has 2 aliphatic heterocycles. The summed E-state index contributed by atoms with van der Waals surface area (Å²) < 4.78 is 21.6. The molecule has 0 unspecified atom stereocenters. The largest absolute Gasteiger partial charge is 0.493 e. The van der Waals surface area contributed by atoms with Gasteiger partial charge < -0.3 is 29.2 Å². The second kappa shape index (κ2) is 10.8. The van der Waals surface area contributed by atoms with Crippen molar-refractivity contribution in [2.24, 2.45) is 5.92 Å². The minimum atomic E-state index is -0.137. The molecule has 0 spiro atoms. The first-order chi connectivity index (χ1) is 16.6. The zero-order valence-corrected chi connectivity index (χ0v) is 19.0. The highest BCUT2D eigenvalue weighted by Gasteiger charge is 2.27. The van der Waals surface area contributed by atoms with Crippen molar-refractivity contribution < 1.29 is 28.5 Å². The maximum atomic E-state index is 12.7. The molecule has 2 aromatic rings. The topological polar surface area (TPSA) is 110 Å². The van der Waals surface area contributed by atoms with Crippen LogP contribution in [0.15, 0.2) is 36.4 Å². The fraction of sp³-hybridized carbons (Fsp3) is 0.400. The molecule has 0 aliphatic carbocycles. The van der Waals surface area contributed by atoms with Gasteiger partial charge in [0.25, 0.3) is 0 Å². The Kier molecular flexibility index (Phi) is 7.38. The van der Waals surface area contributed by atoms with Gasteiger partial charge in [-0.15, -0.1) is 0 Å². The minimum absolute atomic E-state index is 0.0456. The summed E-state index contributed by atoms with van der Waals surface area (Å²) in [6.07, 6.45) is 2.18. The highest BCUT2D eigenvalue weighted by molar-refractivity contribution is 5.93. The zero-order valence-electron chi connectivity index (χ0n) is 19.0. The summed E-state index contributed by atoms with van der Waals surface area (Å²) in [5, 5.41) is 11.9. The Morgan fingerprint density at radius 1 is 1.12 bits per heavy atom. The lowest BCUT2D eigenvalue weighted by molar-refractivity contribution is -0.134. The highest BCUT2D eigenvalue weighted by Crippen LogP contribution is 2.34. The number of methoxy groups -OCH3 is 1. The number of likely N-dealkylation sites (tertiary alicyclic amines) is 1. The number of benzene rings is 2. The number of hydrogen-bond donors (Lipinski definition) is 1. The number of amides is 2. The van der Waals surface area contributed by atoms with Crippen LogP contribution in [0.5, 0.6) is 23.0 Å². The van der Waals surface area contributed by atoms with Crippen LogP contribution in [0.1, 0.15) is 31.2 Å². The van der Waals surface area contributed by atoms with E-state index in [1.54, 1.807) is 36.4 Å². The first-order valence-electron chi connectivity index (χ1n) is 11.3. The molecule has 9 nitrogen and oxygen atoms in total. The second-order valence-corrected chi connectivity index (χ2v) is 8.14. The molecule has 2 amide bonds. The third-order valence-electron chi connectivity index (χ3n) is 5.94. The van der Waals surface area contributed by atoms with Gasteiger partial charge in [0, 0.05) is 43.2 Å². The van der Waals surface area contributed by atoms with Crippen molar-refractivity contribution in [3.63, 3.8) is 0 Å². The van der Waals surface area contributed by atoms with Crippen LogP contribution in [0.25, 0.3) is 0 Å². The van der Waals surface area contributed by atoms with Gasteiger partial charge in [-0.1, -0.05) is 0 Å². The molecule has 1 fully saturated rings. The lowest BCUT2D eigenvalue weighted by atomic mass is 9.95. The Hall–Kier alpha value is -3.93. The summed E-state index contributed by atoms with van der Waals surface area (Å²) in [7, 11) is 1.52. The Bertz CT molecular complexity index is 1090. The number of carbonyl (C=O) groups excluding carboxylic acids is 2. The first kappa shape index (κ1) is 23.2. The number of piperidine rings is 1. The summed E-state index contributed by atoms with van der Waals surface area (Å²) >= 11 is 0. The van der Waals surface area contributed by atoms with Crippen LogP contribution in [0.4, 0.5) is 5.69 Å². The minimum Gasteiger partial charge on any atom is -0.493 e. The first-order valence-corrected chi connectivity index (χ1v) is 11.3. The van der Waals surface area contributed by atoms with Gasteiger partial charge in [-0.2, -0.15) is 5.26 Å². The predicted octanol–water partition coefficient (Wildman–Crippen LogP) is 3.33. The maximum Gasteiger partial charge on any atom is 0.231 e. The molecular formula is C25H27N3O6. The van der Waals surface area contributed by atoms with E-state index in [1.165, 1.54) is 7.11 Å². The van der Waals surface area contributed by atoms with E-state index in [0.29, 0.717) is 79.6 Å². The van der Waals surface area contributed by atoms with Gasteiger partial charge >= 0.3 is 0 Å². The molecule has 2 heterocycles. The predicted molar refractivity (Wildman–Crippen MR) is 123 cm³/mol. The molecule has 2 aliphatic rings. The molecule has 1 saturated heterocycles. The van der Waals surface area contributed by atoms with Gasteiger partial charge in [0.15, 0.2) is 23.0 Å². The van der Waals surface area contributed by atoms with Crippen LogP contribution in [0.3, 0.4) is 0 Å². The molecule has 34 heavy (non-hydrogen) atoms. The zero-order chi connectivity index (χ0) is 23.9. The van der Waals surface area contributed by atoms with Gasteiger partial charge in [0.2, 0.25) is 18.6 Å². The van der Waals surface area contributed by atoms with Crippen LogP contribution in [0, 0.1) is 17.2 Å². The van der Waals surface area contributed by atoms with Crippen molar-refractivity contribution in [3.05, 3.63) is 42.0 Å². The Labute approximate surface area is 198 Å². The number of ether oxygens (including phenoxy) is 4. The third kappa shape index (κ3) is 5.52. The van der Waals surface area contributed by atoms with E-state index in [-0.39, 0.29) is 24.5 Å². The molecule has 0 aromatic heterocycles. The normalized spacial score (nSPS) is 14.9. The van der Waals surface area contributed by atoms with Crippen LogP contribution >= 0.6 is 0 Å². The number of carbonyl (C=O) groups is 2. The summed E-state index contributed by atoms with van der Waals surface area (Å²) in [6, 6.07) is 12.4. The number of nitriles is 1. The molecule has 9 heteroatoms. The van der Waals surface area contributed by atoms with Gasteiger partial charge in [-0.3, -0.25) is 9.59 Å². The molecule has 0 atom stereocenters. The fourth-order valence-electron chi connectivity index (χ4n) is 4.03. The average molecular weight is 466 g/mol. The standard InChI is InChI=1S/C25H27N3O6/c1-31-22-13-17(15-26)4-6-20(22)32-12-2-3-24(29)28-10-8-18(9-11-28)25(30)27-19-5-7-21-23(14-19)34-16-33-21/h4-7,13-14,18H,2-3,8-12,16H2,1H3,(H,27,30). The number of anilines is 1. The molecular weight excluding hydrogens is 438 g/mol. The van der Waals surface area contributed by atoms with Crippen molar-refractivity contribution in [1.29, 1.82) is 5.26 Å². The smallest absolute Gasteiger partial charge is 0.231 e. The number of nitrogens with zero attached hydrogens (tertiary/aromatic N) is 2. The van der Waals surface area contributed by atoms with E-state index in [0.717, 1.165) is 0 Å². The van der Waals surface area contributed by atoms with E-state index >= 15 is 0 Å². The molecule has 0 saturated carbocycles. The third-order valence-corrected chi connectivity index (χ3v) is 5.94. The lowest BCUT2D eigenvalue weighted by Crippen LogP contribution is -2.41. The van der Waals surface area contributed by atoms with Crippen molar-refractivity contribution >= 4 is 17.5 Å². The highest BCUT2D eigenvalue weighted by atomic mass is 16.7. The number of rotatable bonds is 8. The van der Waals surface area contributed by atoms with E-state index in [2.05, 4.69) is 11.4 Å². The Morgan fingerprint density at radius 3 is 2.68 bits per heavy atom. The van der Waals surface area contributed by atoms with E-state index in [4.69, 9.17) is 24.2 Å². The van der Waals surface area contributed by atoms with Crippen LogP contribution in [0.2, 0.25) is 0 Å². The van der Waals surface area contributed by atoms with Crippen LogP contribution in [-0.2, 0) is 9.59 Å². The molecule has 1 N–H and O–H groups in total. The number of fused-ring (bicyclic) bond motifs is 1. The average Bonchev–Trinajstić information content (AvgIpc) is 3.34. The quantitative estimate of drug-likeness (QED) is 0.596. The van der Waals surface area contributed by atoms with Crippen LogP contribution in [-0.4, -0.2) is 50.3 Å². The molecule has 0 radical (unpaired) electrons. The van der Waals surface area contributed by atoms with Crippen molar-refractivity contribution in [2.75, 3.05) is 38.9 Å². The summed E-state index contributed by atoms with van der Waals surface area (Å²) in [5.74, 6) is 2.21. The van der Waals surface area contributed by atoms with Crippen molar-refractivity contribution in [2.45, 2.75) is 25.7 Å². The molecule has 178 valence electrons. The summed E-state index contributed by atoms with van der Waals surface area (Å²) in [6.45, 7) is 1.67. The fourth-order valence-corrected chi connectivity index (χ4v) is 4.03. The SMILES string of the molecule is COc1cc(C#N)ccc1OCCCC(=O)N1CCC(C(=O)Nc2ccc3c(c2)OCO3)CC1. The van der Waals surface area contributed by atoms with Gasteiger partial charge in [0.1, 0.15) is 0 Å². The van der Waals surface area contributed by atoms with Crippen molar-refractivity contribution in [3.8, 4) is 29.1 Å². The van der Waals surface area contributed by atoms with E-state index < -0.39 is 0 Å². The lowest BCUT2D eigenvalue weighted by Gasteiger charge is -2.31. The molecule has 2 aromatic carbocycles. The Balaban J connectivity index is 1.17. The number of nitrogens with one attached hydrogen (secondary N) is 1. The number of hydrogen-bond acceptors (Lipinski definition) is 7. The van der Waals surface area contributed by atoms with Crippen LogP contribution < -0.4 is 24.3 Å². The Morgan fingerprint density at radius 2 is 1.91 bits per heavy atom. The molecule has 0 bridgehead atoms. The van der Waals surface area contributed by atoms with E-state index in [9.17, 15) is 9.59 Å². The van der Waals surface area contributed by atoms with Crippen molar-refractivity contribution in [1.82, 2.24) is 4.90 Å². The molecule has 4 rings (SSSR count).